The second kappa shape index (κ2) is 7.30. The van der Waals surface area contributed by atoms with Crippen LogP contribution in [0.25, 0.3) is 0 Å². The Balaban J connectivity index is 1.85. The minimum absolute atomic E-state index is 0.222. The van der Waals surface area contributed by atoms with Crippen molar-refractivity contribution >= 4 is 17.7 Å². The van der Waals surface area contributed by atoms with Gasteiger partial charge in [0.1, 0.15) is 22.9 Å². The average molecular weight is 386 g/mol. The number of benzene rings is 2. The van der Waals surface area contributed by atoms with Crippen LogP contribution in [0.15, 0.2) is 42.5 Å². The molecule has 28 heavy (non-hydrogen) atoms. The Hall–Kier alpha value is -3.42. The molecule has 1 aliphatic rings. The number of nitrogens with zero attached hydrogens (tertiary/aromatic N) is 1. The third kappa shape index (κ3) is 3.28. The standard InChI is InChI=1S/C20H19FN2O5/c1-20(12-4-6-13(21)7-5-12)18(25)23(19(26)22-20)11-16(24)15-9-8-14(27-2)10-17(15)28-3/h4-10H,11H2,1-3H3,(H,22,26). The Morgan fingerprint density at radius 3 is 2.39 bits per heavy atom. The van der Waals surface area contributed by atoms with Crippen molar-refractivity contribution in [3.63, 3.8) is 0 Å². The van der Waals surface area contributed by atoms with Gasteiger partial charge in [-0.1, -0.05) is 12.1 Å². The number of rotatable bonds is 6. The predicted molar refractivity (Wildman–Crippen MR) is 97.9 cm³/mol. The maximum absolute atomic E-state index is 13.2. The van der Waals surface area contributed by atoms with Gasteiger partial charge < -0.3 is 14.8 Å². The Morgan fingerprint density at radius 1 is 1.11 bits per heavy atom. The zero-order chi connectivity index (χ0) is 20.5. The van der Waals surface area contributed by atoms with E-state index < -0.39 is 35.6 Å². The zero-order valence-corrected chi connectivity index (χ0v) is 15.6. The second-order valence-electron chi connectivity index (χ2n) is 6.44. The maximum Gasteiger partial charge on any atom is 0.325 e. The molecule has 1 aliphatic heterocycles. The van der Waals surface area contributed by atoms with Gasteiger partial charge in [-0.05, 0) is 36.8 Å². The van der Waals surface area contributed by atoms with Gasteiger partial charge in [0, 0.05) is 6.07 Å². The van der Waals surface area contributed by atoms with E-state index in [1.54, 1.807) is 12.1 Å². The van der Waals surface area contributed by atoms with Gasteiger partial charge in [-0.25, -0.2) is 9.18 Å². The fraction of sp³-hybridized carbons (Fsp3) is 0.250. The van der Waals surface area contributed by atoms with E-state index in [0.717, 1.165) is 4.90 Å². The van der Waals surface area contributed by atoms with Crippen LogP contribution in [-0.4, -0.2) is 43.4 Å². The molecule has 0 radical (unpaired) electrons. The Morgan fingerprint density at radius 2 is 1.79 bits per heavy atom. The second-order valence-corrected chi connectivity index (χ2v) is 6.44. The molecule has 2 aromatic carbocycles. The number of imide groups is 1. The third-order valence-corrected chi connectivity index (χ3v) is 4.71. The number of urea groups is 1. The molecule has 7 nitrogen and oxygen atoms in total. The van der Waals surface area contributed by atoms with Crippen LogP contribution < -0.4 is 14.8 Å². The molecule has 1 unspecified atom stereocenters. The van der Waals surface area contributed by atoms with Crippen LogP contribution >= 0.6 is 0 Å². The lowest BCUT2D eigenvalue weighted by atomic mass is 9.92. The highest BCUT2D eigenvalue weighted by Gasteiger charge is 2.49. The summed E-state index contributed by atoms with van der Waals surface area (Å²) >= 11 is 0. The van der Waals surface area contributed by atoms with Gasteiger partial charge in [0.05, 0.1) is 26.3 Å². The number of amides is 3. The van der Waals surface area contributed by atoms with E-state index in [2.05, 4.69) is 5.32 Å². The number of ketones is 1. The molecule has 146 valence electrons. The summed E-state index contributed by atoms with van der Waals surface area (Å²) in [6, 6.07) is 9.20. The molecular formula is C20H19FN2O5. The van der Waals surface area contributed by atoms with Crippen LogP contribution in [0.5, 0.6) is 11.5 Å². The summed E-state index contributed by atoms with van der Waals surface area (Å²) in [4.78, 5) is 38.8. The van der Waals surface area contributed by atoms with Gasteiger partial charge in [-0.2, -0.15) is 0 Å². The first kappa shape index (κ1) is 19.3. The minimum atomic E-state index is -1.38. The number of ether oxygens (including phenoxy) is 2. The largest absolute Gasteiger partial charge is 0.497 e. The maximum atomic E-state index is 13.2. The summed E-state index contributed by atoms with van der Waals surface area (Å²) in [5, 5.41) is 2.58. The molecule has 8 heteroatoms. The van der Waals surface area contributed by atoms with E-state index in [1.807, 2.05) is 0 Å². The van der Waals surface area contributed by atoms with Crippen LogP contribution in [0.2, 0.25) is 0 Å². The van der Waals surface area contributed by atoms with Crippen molar-refractivity contribution in [3.05, 3.63) is 59.4 Å². The van der Waals surface area contributed by atoms with Crippen molar-refractivity contribution in [1.29, 1.82) is 0 Å². The molecule has 0 saturated carbocycles. The molecule has 1 N–H and O–H groups in total. The summed E-state index contributed by atoms with van der Waals surface area (Å²) in [6.07, 6.45) is 0. The first-order valence-corrected chi connectivity index (χ1v) is 8.45. The first-order chi connectivity index (χ1) is 13.3. The van der Waals surface area contributed by atoms with E-state index in [-0.39, 0.29) is 11.3 Å². The van der Waals surface area contributed by atoms with Crippen molar-refractivity contribution in [2.75, 3.05) is 20.8 Å². The number of carbonyl (C=O) groups excluding carboxylic acids is 3. The molecular weight excluding hydrogens is 367 g/mol. The smallest absolute Gasteiger partial charge is 0.325 e. The molecule has 0 spiro atoms. The lowest BCUT2D eigenvalue weighted by molar-refractivity contribution is -0.130. The van der Waals surface area contributed by atoms with Crippen molar-refractivity contribution in [3.8, 4) is 11.5 Å². The Bertz CT molecular complexity index is 944. The summed E-state index contributed by atoms with van der Waals surface area (Å²) in [6.45, 7) is 1.06. The predicted octanol–water partition coefficient (Wildman–Crippen LogP) is 2.49. The monoisotopic (exact) mass is 386 g/mol. The Labute approximate surface area is 161 Å². The third-order valence-electron chi connectivity index (χ3n) is 4.71. The van der Waals surface area contributed by atoms with Crippen molar-refractivity contribution in [1.82, 2.24) is 10.2 Å². The van der Waals surface area contributed by atoms with Gasteiger partial charge in [0.25, 0.3) is 5.91 Å². The number of carbonyl (C=O) groups is 3. The fourth-order valence-corrected chi connectivity index (χ4v) is 3.08. The van der Waals surface area contributed by atoms with Gasteiger partial charge in [0.2, 0.25) is 0 Å². The van der Waals surface area contributed by atoms with Gasteiger partial charge in [-0.3, -0.25) is 14.5 Å². The lowest BCUT2D eigenvalue weighted by Gasteiger charge is -2.22. The number of nitrogens with one attached hydrogen (secondary N) is 1. The number of Topliss-reactive ketones (excluding diaryl/α,β-unsaturated/α-hetero) is 1. The highest BCUT2D eigenvalue weighted by molar-refractivity contribution is 6.11. The molecule has 3 amide bonds. The molecule has 1 atom stereocenters. The van der Waals surface area contributed by atoms with Gasteiger partial charge in [-0.15, -0.1) is 0 Å². The van der Waals surface area contributed by atoms with Crippen LogP contribution in [0, 0.1) is 5.82 Å². The number of hydrogen-bond acceptors (Lipinski definition) is 5. The summed E-state index contributed by atoms with van der Waals surface area (Å²) in [7, 11) is 2.89. The first-order valence-electron chi connectivity index (χ1n) is 8.45. The van der Waals surface area contributed by atoms with Crippen molar-refractivity contribution in [2.24, 2.45) is 0 Å². The summed E-state index contributed by atoms with van der Waals surface area (Å²) in [5.41, 5.74) is -0.738. The molecule has 0 aromatic heterocycles. The van der Waals surface area contributed by atoms with Gasteiger partial charge in [0.15, 0.2) is 5.78 Å². The van der Waals surface area contributed by atoms with E-state index in [1.165, 1.54) is 51.5 Å². The number of hydrogen-bond donors (Lipinski definition) is 1. The lowest BCUT2D eigenvalue weighted by Crippen LogP contribution is -2.41. The fourth-order valence-electron chi connectivity index (χ4n) is 3.08. The highest BCUT2D eigenvalue weighted by Crippen LogP contribution is 2.30. The highest BCUT2D eigenvalue weighted by atomic mass is 19.1. The average Bonchev–Trinajstić information content (AvgIpc) is 2.91. The van der Waals surface area contributed by atoms with E-state index in [4.69, 9.17) is 9.47 Å². The quantitative estimate of drug-likeness (QED) is 0.609. The zero-order valence-electron chi connectivity index (χ0n) is 15.6. The van der Waals surface area contributed by atoms with E-state index in [0.29, 0.717) is 11.3 Å². The molecule has 1 heterocycles. The minimum Gasteiger partial charge on any atom is -0.497 e. The molecule has 2 aromatic rings. The van der Waals surface area contributed by atoms with Crippen LogP contribution in [0.3, 0.4) is 0 Å². The van der Waals surface area contributed by atoms with E-state index >= 15 is 0 Å². The van der Waals surface area contributed by atoms with E-state index in [9.17, 15) is 18.8 Å². The van der Waals surface area contributed by atoms with Crippen LogP contribution in [-0.2, 0) is 10.3 Å². The summed E-state index contributed by atoms with van der Waals surface area (Å²) in [5.74, 6) is -0.732. The van der Waals surface area contributed by atoms with Gasteiger partial charge >= 0.3 is 6.03 Å². The Kier molecular flexibility index (Phi) is 5.04. The van der Waals surface area contributed by atoms with Crippen LogP contribution in [0.1, 0.15) is 22.8 Å². The van der Waals surface area contributed by atoms with Crippen molar-refractivity contribution in [2.45, 2.75) is 12.5 Å². The molecule has 0 bridgehead atoms. The SMILES string of the molecule is COc1ccc(C(=O)CN2C(=O)NC(C)(c3ccc(F)cc3)C2=O)c(OC)c1. The number of methoxy groups -OCH3 is 2. The van der Waals surface area contributed by atoms with Crippen LogP contribution in [0.4, 0.5) is 9.18 Å². The molecule has 1 fully saturated rings. The molecule has 3 rings (SSSR count). The van der Waals surface area contributed by atoms with Crippen molar-refractivity contribution < 1.29 is 28.2 Å². The molecule has 1 saturated heterocycles. The normalized spacial score (nSPS) is 18.8. The molecule has 0 aliphatic carbocycles. The number of halogens is 1. The topological polar surface area (TPSA) is 84.9 Å². The summed E-state index contributed by atoms with van der Waals surface area (Å²) < 4.78 is 23.5.